The van der Waals surface area contributed by atoms with Crippen molar-refractivity contribution in [3.8, 4) is 11.5 Å². The van der Waals surface area contributed by atoms with E-state index in [1.54, 1.807) is 19.1 Å². The van der Waals surface area contributed by atoms with Gasteiger partial charge in [-0.25, -0.2) is 0 Å². The zero-order chi connectivity index (χ0) is 69.8. The van der Waals surface area contributed by atoms with Crippen LogP contribution in [0, 0.1) is 35.5 Å². The van der Waals surface area contributed by atoms with Crippen molar-refractivity contribution in [1.29, 1.82) is 0 Å². The van der Waals surface area contributed by atoms with Crippen LogP contribution in [0.1, 0.15) is 129 Å². The van der Waals surface area contributed by atoms with Crippen LogP contribution in [0.15, 0.2) is 53.5 Å². The van der Waals surface area contributed by atoms with Crippen molar-refractivity contribution in [3.63, 3.8) is 0 Å². The standard InChI is InChI=1S/C63H91N11O18S/c1-33(2)22-34(3)50(79)27-39(25-37-10-14-41(76)15-11-37)59(89)70-43(8-6-20-68-63(66)67)51(80)23-35(4)58(88)71-44(29-54(64)83)49(78)18-19-55(84)69-45(30-56(85)86)52(81)24-36(5)62(92)74-21-7-9-48(74)61(91)73-47(32-93)53(82)28-40(26-38-12-16-42(77)17-13-38)60(90)72-46(31-75)57(65)87/h10-17,33-36,39-40,43-48,75-77,93H,6-9,18-32H2,1-5H3,(H2,64,83)(H2,65,87)(H,69,84)(H,70,89)(H,71,88)(H,72,90)(H,73,91)(H,85,86)(H4,66,67,68)/t34-,35+,36+,39+,40+,43-,44-,45-,46-,47-,48-/m0/s1. The number of likely N-dealkylation sites (tertiary alicyclic amines) is 1. The second kappa shape index (κ2) is 38.9. The number of ketones is 5. The maximum Gasteiger partial charge on any atom is 0.305 e. The number of carboxylic acids is 1. The van der Waals surface area contributed by atoms with Crippen molar-refractivity contribution < 1.29 is 87.5 Å². The first kappa shape index (κ1) is 78.4. The largest absolute Gasteiger partial charge is 0.508 e. The van der Waals surface area contributed by atoms with Gasteiger partial charge in [-0.1, -0.05) is 58.9 Å². The first-order valence-corrected chi connectivity index (χ1v) is 31.4. The number of Topliss-reactive ketones (excluding diaryl/α,β-unsaturated/α-hetero) is 5. The molecule has 0 radical (unpaired) electrons. The number of guanidine groups is 1. The Bertz CT molecular complexity index is 3010. The number of carbonyl (C=O) groups is 14. The van der Waals surface area contributed by atoms with Crippen LogP contribution < -0.4 is 49.5 Å². The molecule has 8 amide bonds. The molecule has 29 nitrogen and oxygen atoms in total. The Labute approximate surface area is 544 Å². The lowest BCUT2D eigenvalue weighted by atomic mass is 9.86. The highest BCUT2D eigenvalue weighted by Gasteiger charge is 2.40. The lowest BCUT2D eigenvalue weighted by Gasteiger charge is -2.29. The smallest absolute Gasteiger partial charge is 0.305 e. The van der Waals surface area contributed by atoms with E-state index in [1.807, 2.05) is 13.8 Å². The number of primary amides is 2. The second-order valence-corrected chi connectivity index (χ2v) is 24.5. The van der Waals surface area contributed by atoms with Gasteiger partial charge in [0.05, 0.1) is 43.6 Å². The van der Waals surface area contributed by atoms with Crippen LogP contribution in [0.5, 0.6) is 11.5 Å². The van der Waals surface area contributed by atoms with Crippen LogP contribution in [0.2, 0.25) is 0 Å². The topological polar surface area (TPSA) is 500 Å². The van der Waals surface area contributed by atoms with Gasteiger partial charge in [0.1, 0.15) is 29.4 Å². The molecule has 30 heteroatoms. The van der Waals surface area contributed by atoms with E-state index in [-0.39, 0.29) is 92.4 Å². The van der Waals surface area contributed by atoms with E-state index >= 15 is 0 Å². The Balaban J connectivity index is 1.69. The summed E-state index contributed by atoms with van der Waals surface area (Å²) >= 11 is 4.25. The number of nitrogens with zero attached hydrogens (tertiary/aromatic N) is 2. The van der Waals surface area contributed by atoms with Crippen LogP contribution in [0.25, 0.3) is 0 Å². The molecule has 0 saturated carbocycles. The predicted octanol–water partition coefficient (Wildman–Crippen LogP) is -0.518. The first-order chi connectivity index (χ1) is 43.7. The molecule has 93 heavy (non-hydrogen) atoms. The summed E-state index contributed by atoms with van der Waals surface area (Å²) in [5, 5.41) is 51.3. The molecular formula is C63H91N11O18S. The molecule has 0 spiro atoms. The van der Waals surface area contributed by atoms with Crippen LogP contribution in [0.3, 0.4) is 0 Å². The third-order valence-electron chi connectivity index (χ3n) is 15.8. The van der Waals surface area contributed by atoms with Crippen molar-refractivity contribution in [3.05, 3.63) is 59.7 Å². The third kappa shape index (κ3) is 27.5. The molecule has 11 atom stereocenters. The Morgan fingerprint density at radius 1 is 0.581 bits per heavy atom. The number of phenols is 2. The number of nitrogens with two attached hydrogens (primary N) is 4. The van der Waals surface area contributed by atoms with Crippen LogP contribution >= 0.6 is 12.6 Å². The zero-order valence-electron chi connectivity index (χ0n) is 53.1. The maximum atomic E-state index is 14.1. The molecule has 0 aromatic heterocycles. The molecule has 0 aliphatic carbocycles. The van der Waals surface area contributed by atoms with Gasteiger partial charge in [0, 0.05) is 87.0 Å². The van der Waals surface area contributed by atoms with E-state index in [0.717, 1.165) is 0 Å². The van der Waals surface area contributed by atoms with Crippen molar-refractivity contribution >= 4 is 101 Å². The summed E-state index contributed by atoms with van der Waals surface area (Å²) in [6.45, 7) is 7.69. The number of carboxylic acid groups (broad SMARTS) is 1. The molecule has 2 aromatic carbocycles. The van der Waals surface area contributed by atoms with Gasteiger partial charge in [-0.15, -0.1) is 0 Å². The quantitative estimate of drug-likeness (QED) is 0.0172. The SMILES string of the molecule is CC(C)C[C@H](C)C(=O)C[C@@H](Cc1ccc(O)cc1)C(=O)N[C@@H](CCCN=C(N)N)C(=O)C[C@@H](C)C(=O)N[C@@H](CC(N)=O)C(=O)CCC(=O)N[C@@H](CC(=O)O)C(=O)C[C@@H](C)C(=O)N1CCC[C@H]1C(=O)N[C@@H](CS)C(=O)C[C@@H](Cc1ccc(O)cc1)C(=O)N[C@@H](CO)C(N)=O. The minimum Gasteiger partial charge on any atom is -0.508 e. The molecule has 1 saturated heterocycles. The van der Waals surface area contributed by atoms with Gasteiger partial charge in [-0.3, -0.25) is 72.1 Å². The molecule has 3 rings (SSSR count). The summed E-state index contributed by atoms with van der Waals surface area (Å²) < 4.78 is 0. The average Bonchev–Trinajstić information content (AvgIpc) is 1.81. The van der Waals surface area contributed by atoms with E-state index in [9.17, 15) is 87.5 Å². The van der Waals surface area contributed by atoms with Crippen molar-refractivity contribution in [2.24, 2.45) is 63.4 Å². The molecule has 1 aliphatic heterocycles. The number of nitrogens with one attached hydrogen (secondary N) is 5. The van der Waals surface area contributed by atoms with Crippen molar-refractivity contribution in [1.82, 2.24) is 31.5 Å². The highest BCUT2D eigenvalue weighted by Crippen LogP contribution is 2.25. The lowest BCUT2D eigenvalue weighted by molar-refractivity contribution is -0.144. The third-order valence-corrected chi connectivity index (χ3v) is 16.1. The summed E-state index contributed by atoms with van der Waals surface area (Å²) in [4.78, 5) is 192. The summed E-state index contributed by atoms with van der Waals surface area (Å²) in [5.41, 5.74) is 22.9. The number of rotatable bonds is 43. The van der Waals surface area contributed by atoms with Crippen molar-refractivity contribution in [2.45, 2.75) is 167 Å². The predicted molar refractivity (Wildman–Crippen MR) is 341 cm³/mol. The fourth-order valence-electron chi connectivity index (χ4n) is 10.6. The minimum atomic E-state index is -1.73. The number of aliphatic carboxylic acids is 1. The van der Waals surface area contributed by atoms with Gasteiger partial charge >= 0.3 is 5.97 Å². The number of aliphatic imine (C=N–C) groups is 1. The molecular weight excluding hydrogens is 1230 g/mol. The number of hydrogen-bond donors (Lipinski definition) is 14. The number of hydrogen-bond acceptors (Lipinski definition) is 19. The fourth-order valence-corrected chi connectivity index (χ4v) is 10.9. The Morgan fingerprint density at radius 2 is 1.09 bits per heavy atom. The normalized spacial score (nSPS) is 16.0. The molecule has 512 valence electrons. The monoisotopic (exact) mass is 1320 g/mol. The van der Waals surface area contributed by atoms with Gasteiger partial charge in [0.2, 0.25) is 47.3 Å². The molecule has 1 heterocycles. The number of phenolic OH excluding ortho intramolecular Hbond substituents is 2. The van der Waals surface area contributed by atoms with E-state index < -0.39 is 188 Å². The highest BCUT2D eigenvalue weighted by molar-refractivity contribution is 7.80. The summed E-state index contributed by atoms with van der Waals surface area (Å²) in [6, 6.07) is 3.33. The van der Waals surface area contributed by atoms with Gasteiger partial charge in [-0.2, -0.15) is 12.6 Å². The molecule has 17 N–H and O–H groups in total. The Hall–Kier alpha value is -8.80. The number of aliphatic hydroxyl groups is 1. The molecule has 2 aromatic rings. The van der Waals surface area contributed by atoms with E-state index in [1.165, 1.54) is 55.1 Å². The summed E-state index contributed by atoms with van der Waals surface area (Å²) in [5.74, 6) is -16.9. The van der Waals surface area contributed by atoms with Gasteiger partial charge in [0.25, 0.3) is 0 Å². The minimum absolute atomic E-state index is 0.00114. The van der Waals surface area contributed by atoms with E-state index in [2.05, 4.69) is 44.2 Å². The maximum absolute atomic E-state index is 14.1. The van der Waals surface area contributed by atoms with E-state index in [0.29, 0.717) is 24.0 Å². The number of thiol groups is 1. The van der Waals surface area contributed by atoms with Crippen LogP contribution in [0.4, 0.5) is 0 Å². The van der Waals surface area contributed by atoms with Crippen molar-refractivity contribution in [2.75, 3.05) is 25.4 Å². The highest BCUT2D eigenvalue weighted by atomic mass is 32.1. The molecule has 1 aliphatic rings. The number of amides is 8. The number of carbonyl (C=O) groups excluding carboxylic acids is 13. The van der Waals surface area contributed by atoms with Gasteiger partial charge in [-0.05, 0) is 86.3 Å². The van der Waals surface area contributed by atoms with Crippen LogP contribution in [-0.2, 0) is 80.0 Å². The second-order valence-electron chi connectivity index (χ2n) is 24.2. The fraction of sp³-hybridized carbons (Fsp3) is 0.571. The average molecular weight is 1320 g/mol. The Morgan fingerprint density at radius 3 is 1.59 bits per heavy atom. The number of aromatic hydroxyl groups is 2. The summed E-state index contributed by atoms with van der Waals surface area (Å²) in [6.07, 6.45) is -3.63. The zero-order valence-corrected chi connectivity index (χ0v) is 54.0. The lowest BCUT2D eigenvalue weighted by Crippen LogP contribution is -2.53. The number of benzene rings is 2. The number of aliphatic hydroxyl groups excluding tert-OH is 1. The first-order valence-electron chi connectivity index (χ1n) is 30.8. The Kier molecular flexibility index (Phi) is 32.8. The van der Waals surface area contributed by atoms with Gasteiger partial charge < -0.3 is 74.8 Å². The molecule has 1 fully saturated rings. The molecule has 0 bridgehead atoms. The molecule has 0 unspecified atom stereocenters. The van der Waals surface area contributed by atoms with E-state index in [4.69, 9.17) is 22.9 Å². The van der Waals surface area contributed by atoms with Gasteiger partial charge in [0.15, 0.2) is 29.1 Å². The van der Waals surface area contributed by atoms with Crippen LogP contribution in [-0.4, -0.2) is 175 Å². The summed E-state index contributed by atoms with van der Waals surface area (Å²) in [7, 11) is 0.